The van der Waals surface area contributed by atoms with E-state index in [4.69, 9.17) is 26.0 Å². The zero-order chi connectivity index (χ0) is 26.8. The Balaban J connectivity index is 1.64. The molecule has 0 bridgehead atoms. The molecule has 2 aromatic rings. The number of anilines is 1. The summed E-state index contributed by atoms with van der Waals surface area (Å²) in [6.07, 6.45) is 3.76. The Morgan fingerprint density at radius 3 is 2.62 bits per heavy atom. The fourth-order valence-corrected chi connectivity index (χ4v) is 4.68. The SMILES string of the molecule is CN=C(N)N[C@@H](C/C(C)=C/C[C@@]12O[C@]1(C(=O)OCCO)C(=O)c1ccccc1C2=O)c1ccnc(N)c1. The summed E-state index contributed by atoms with van der Waals surface area (Å²) in [5.74, 6) is -1.51. The molecule has 194 valence electrons. The summed E-state index contributed by atoms with van der Waals surface area (Å²) in [5.41, 5.74) is 9.92. The minimum absolute atomic E-state index is 0.0332. The molecule has 1 aliphatic heterocycles. The van der Waals surface area contributed by atoms with Gasteiger partial charge in [0.25, 0.3) is 5.60 Å². The molecule has 1 aromatic heterocycles. The molecule has 0 spiro atoms. The molecule has 37 heavy (non-hydrogen) atoms. The van der Waals surface area contributed by atoms with Gasteiger partial charge in [-0.2, -0.15) is 0 Å². The van der Waals surface area contributed by atoms with E-state index in [-0.39, 0.29) is 36.2 Å². The van der Waals surface area contributed by atoms with Crippen LogP contribution in [0.3, 0.4) is 0 Å². The number of aromatic nitrogens is 1. The Hall–Kier alpha value is -4.09. The van der Waals surface area contributed by atoms with Gasteiger partial charge < -0.3 is 31.4 Å². The Kier molecular flexibility index (Phi) is 7.10. The Morgan fingerprint density at radius 1 is 1.27 bits per heavy atom. The number of aliphatic imine (C=N–C) groups is 1. The summed E-state index contributed by atoms with van der Waals surface area (Å²) in [6.45, 7) is 1.11. The molecule has 1 aliphatic carbocycles. The predicted molar refractivity (Wildman–Crippen MR) is 135 cm³/mol. The Morgan fingerprint density at radius 2 is 1.97 bits per heavy atom. The molecule has 0 unspecified atom stereocenters. The minimum atomic E-state index is -2.08. The lowest BCUT2D eigenvalue weighted by Crippen LogP contribution is -2.50. The van der Waals surface area contributed by atoms with Gasteiger partial charge in [-0.25, -0.2) is 9.78 Å². The highest BCUT2D eigenvalue weighted by molar-refractivity contribution is 6.32. The van der Waals surface area contributed by atoms with Crippen LogP contribution in [-0.2, 0) is 14.3 Å². The summed E-state index contributed by atoms with van der Waals surface area (Å²) in [5, 5.41) is 12.2. The molecule has 0 radical (unpaired) electrons. The highest BCUT2D eigenvalue weighted by Crippen LogP contribution is 2.58. The van der Waals surface area contributed by atoms with Crippen molar-refractivity contribution in [3.63, 3.8) is 0 Å². The number of fused-ring (bicyclic) bond motifs is 2. The second kappa shape index (κ2) is 10.1. The second-order valence-corrected chi connectivity index (χ2v) is 8.95. The van der Waals surface area contributed by atoms with E-state index in [0.29, 0.717) is 12.2 Å². The minimum Gasteiger partial charge on any atom is -0.461 e. The number of hydrogen-bond donors (Lipinski definition) is 4. The van der Waals surface area contributed by atoms with Crippen molar-refractivity contribution in [3.8, 4) is 0 Å². The van der Waals surface area contributed by atoms with Crippen molar-refractivity contribution in [1.29, 1.82) is 0 Å². The molecule has 0 saturated carbocycles. The Bertz CT molecular complexity index is 1310. The molecule has 1 aromatic carbocycles. The van der Waals surface area contributed by atoms with E-state index < -0.39 is 35.3 Å². The molecule has 2 heterocycles. The number of nitrogen functional groups attached to an aromatic ring is 1. The van der Waals surface area contributed by atoms with Gasteiger partial charge in [0.1, 0.15) is 12.4 Å². The number of carbonyl (C=O) groups is 3. The standard InChI is InChI=1S/C26H29N5O6/c1-15(13-19(31-24(28)29-2)16-8-10-30-20(27)14-16)7-9-25-21(33)17-5-3-4-6-18(17)22(34)26(25,37-25)23(35)36-12-11-32/h3-8,10,14,19,32H,9,11-13H2,1-2H3,(H2,27,30)(H3,28,29,31)/b15-7+/t19-,25-,26-/m0/s1. The first-order valence-corrected chi connectivity index (χ1v) is 11.7. The number of epoxide rings is 1. The number of aliphatic hydroxyl groups excluding tert-OH is 1. The maximum absolute atomic E-state index is 13.6. The Labute approximate surface area is 213 Å². The van der Waals surface area contributed by atoms with Crippen molar-refractivity contribution in [1.82, 2.24) is 10.3 Å². The smallest absolute Gasteiger partial charge is 0.350 e. The molecule has 11 nitrogen and oxygen atoms in total. The molecular weight excluding hydrogens is 478 g/mol. The molecule has 1 saturated heterocycles. The van der Waals surface area contributed by atoms with Crippen molar-refractivity contribution in [3.05, 3.63) is 70.9 Å². The average molecular weight is 508 g/mol. The van der Waals surface area contributed by atoms with Crippen LogP contribution >= 0.6 is 0 Å². The number of Topliss-reactive ketones (excluding diaryl/α,β-unsaturated/α-hetero) is 2. The van der Waals surface area contributed by atoms with Crippen molar-refractivity contribution in [2.75, 3.05) is 26.0 Å². The third kappa shape index (κ3) is 4.47. The molecular formula is C26H29N5O6. The van der Waals surface area contributed by atoms with Crippen LogP contribution in [0.1, 0.15) is 52.1 Å². The molecule has 4 rings (SSSR count). The molecule has 0 amide bonds. The maximum atomic E-state index is 13.6. The van der Waals surface area contributed by atoms with Crippen molar-refractivity contribution < 1.29 is 29.0 Å². The molecule has 2 aliphatic rings. The van der Waals surface area contributed by atoms with Crippen LogP contribution in [-0.4, -0.2) is 65.0 Å². The summed E-state index contributed by atoms with van der Waals surface area (Å²) in [4.78, 5) is 47.9. The first kappa shape index (κ1) is 26.0. The number of carbonyl (C=O) groups excluding carboxylic acids is 3. The summed E-state index contributed by atoms with van der Waals surface area (Å²) in [7, 11) is 1.56. The van der Waals surface area contributed by atoms with E-state index in [1.807, 2.05) is 6.92 Å². The fraction of sp³-hybridized carbons (Fsp3) is 0.346. The number of hydrogen-bond acceptors (Lipinski definition) is 9. The molecule has 11 heteroatoms. The number of pyridine rings is 1. The third-order valence-electron chi connectivity index (χ3n) is 6.60. The van der Waals surface area contributed by atoms with Gasteiger partial charge in [0.15, 0.2) is 17.3 Å². The number of ether oxygens (including phenoxy) is 2. The van der Waals surface area contributed by atoms with Crippen LogP contribution in [0.5, 0.6) is 0 Å². The fourth-order valence-electron chi connectivity index (χ4n) is 4.68. The lowest BCUT2D eigenvalue weighted by atomic mass is 9.72. The topological polar surface area (TPSA) is 183 Å². The number of aliphatic hydroxyl groups is 1. The van der Waals surface area contributed by atoms with E-state index in [1.54, 1.807) is 49.7 Å². The number of esters is 1. The predicted octanol–water partition coefficient (Wildman–Crippen LogP) is 1.09. The first-order valence-electron chi connectivity index (χ1n) is 11.7. The second-order valence-electron chi connectivity index (χ2n) is 8.95. The number of nitrogens with zero attached hydrogens (tertiary/aromatic N) is 2. The summed E-state index contributed by atoms with van der Waals surface area (Å²) in [6, 6.07) is 9.49. The third-order valence-corrected chi connectivity index (χ3v) is 6.60. The number of rotatable bonds is 9. The zero-order valence-electron chi connectivity index (χ0n) is 20.6. The number of benzene rings is 1. The zero-order valence-corrected chi connectivity index (χ0v) is 20.6. The van der Waals surface area contributed by atoms with Gasteiger partial charge in [-0.1, -0.05) is 35.9 Å². The van der Waals surface area contributed by atoms with Crippen molar-refractivity contribution in [2.24, 2.45) is 10.7 Å². The lowest BCUT2D eigenvalue weighted by Gasteiger charge is -2.24. The summed E-state index contributed by atoms with van der Waals surface area (Å²) < 4.78 is 10.8. The maximum Gasteiger partial charge on any atom is 0.350 e. The normalized spacial score (nSPS) is 23.6. The monoisotopic (exact) mass is 507 g/mol. The first-order chi connectivity index (χ1) is 17.7. The van der Waals surface area contributed by atoms with Crippen LogP contribution in [0.4, 0.5) is 5.82 Å². The van der Waals surface area contributed by atoms with E-state index in [2.05, 4.69) is 15.3 Å². The van der Waals surface area contributed by atoms with Crippen LogP contribution in [0.25, 0.3) is 0 Å². The number of nitrogens with two attached hydrogens (primary N) is 2. The van der Waals surface area contributed by atoms with Crippen LogP contribution < -0.4 is 16.8 Å². The molecule has 1 fully saturated rings. The molecule has 6 N–H and O–H groups in total. The highest BCUT2D eigenvalue weighted by Gasteiger charge is 2.85. The number of guanidine groups is 1. The van der Waals surface area contributed by atoms with Crippen LogP contribution in [0.15, 0.2) is 59.2 Å². The van der Waals surface area contributed by atoms with Gasteiger partial charge in [-0.3, -0.25) is 14.6 Å². The van der Waals surface area contributed by atoms with Crippen molar-refractivity contribution >= 4 is 29.3 Å². The van der Waals surface area contributed by atoms with Gasteiger partial charge in [0, 0.05) is 30.8 Å². The molecule has 3 atom stereocenters. The number of ketones is 2. The van der Waals surface area contributed by atoms with Gasteiger partial charge in [0.05, 0.1) is 12.6 Å². The van der Waals surface area contributed by atoms with Crippen molar-refractivity contribution in [2.45, 2.75) is 37.0 Å². The van der Waals surface area contributed by atoms with E-state index in [9.17, 15) is 14.4 Å². The van der Waals surface area contributed by atoms with Gasteiger partial charge >= 0.3 is 5.97 Å². The number of nitrogens with one attached hydrogen (secondary N) is 1. The van der Waals surface area contributed by atoms with Gasteiger partial charge in [0.2, 0.25) is 5.78 Å². The van der Waals surface area contributed by atoms with Gasteiger partial charge in [-0.15, -0.1) is 0 Å². The van der Waals surface area contributed by atoms with E-state index >= 15 is 0 Å². The summed E-state index contributed by atoms with van der Waals surface area (Å²) >= 11 is 0. The van der Waals surface area contributed by atoms with Gasteiger partial charge in [-0.05, 0) is 31.0 Å². The highest BCUT2D eigenvalue weighted by atomic mass is 16.7. The average Bonchev–Trinajstić information content (AvgIpc) is 3.61. The quantitative estimate of drug-likeness (QED) is 0.0957. The van der Waals surface area contributed by atoms with Crippen LogP contribution in [0.2, 0.25) is 0 Å². The van der Waals surface area contributed by atoms with Crippen LogP contribution in [0, 0.1) is 0 Å². The largest absolute Gasteiger partial charge is 0.461 e. The van der Waals surface area contributed by atoms with E-state index in [0.717, 1.165) is 11.1 Å². The van der Waals surface area contributed by atoms with E-state index in [1.165, 1.54) is 6.07 Å². The lowest BCUT2D eigenvalue weighted by molar-refractivity contribution is -0.149.